The van der Waals surface area contributed by atoms with Gasteiger partial charge in [-0.25, -0.2) is 0 Å². The van der Waals surface area contributed by atoms with E-state index in [1.54, 1.807) is 0 Å². The first-order chi connectivity index (χ1) is 6.25. The van der Waals surface area contributed by atoms with Crippen LogP contribution >= 0.6 is 0 Å². The van der Waals surface area contributed by atoms with Crippen LogP contribution in [0.2, 0.25) is 0 Å². The summed E-state index contributed by atoms with van der Waals surface area (Å²) in [6.45, 7) is 4.17. The summed E-state index contributed by atoms with van der Waals surface area (Å²) in [6, 6.07) is 2.12. The van der Waals surface area contributed by atoms with Gasteiger partial charge in [0.2, 0.25) is 0 Å². The average Bonchev–Trinajstić information content (AvgIpc) is 2.63. The molecule has 13 heavy (non-hydrogen) atoms. The number of rotatable bonds is 1. The molecule has 3 nitrogen and oxygen atoms in total. The van der Waals surface area contributed by atoms with E-state index in [0.29, 0.717) is 0 Å². The topological polar surface area (TPSA) is 29.9 Å². The molecule has 0 bridgehead atoms. The lowest BCUT2D eigenvalue weighted by atomic mass is 10.2. The van der Waals surface area contributed by atoms with Crippen LogP contribution in [0.3, 0.4) is 0 Å². The zero-order valence-electron chi connectivity index (χ0n) is 8.17. The summed E-state index contributed by atoms with van der Waals surface area (Å²) in [5, 5.41) is 7.63. The first kappa shape index (κ1) is 8.51. The van der Waals surface area contributed by atoms with Gasteiger partial charge in [0.1, 0.15) is 0 Å². The number of nitrogens with one attached hydrogen (secondary N) is 1. The fourth-order valence-electron chi connectivity index (χ4n) is 1.68. The van der Waals surface area contributed by atoms with Crippen LogP contribution in [-0.4, -0.2) is 22.9 Å². The summed E-state index contributed by atoms with van der Waals surface area (Å²) in [4.78, 5) is 0. The fraction of sp³-hybridized carbons (Fsp3) is 0.500. The van der Waals surface area contributed by atoms with Crippen LogP contribution in [0.1, 0.15) is 17.8 Å². The van der Waals surface area contributed by atoms with E-state index in [1.165, 1.54) is 17.7 Å². The molecule has 1 saturated heterocycles. The SMILES string of the molecule is Cc1cc(C=C2CCNC2)n(C)n1. The largest absolute Gasteiger partial charge is 0.313 e. The van der Waals surface area contributed by atoms with E-state index in [4.69, 9.17) is 0 Å². The molecule has 1 aromatic rings. The van der Waals surface area contributed by atoms with Crippen LogP contribution in [0.15, 0.2) is 11.6 Å². The highest BCUT2D eigenvalue weighted by Gasteiger charge is 2.06. The van der Waals surface area contributed by atoms with Crippen LogP contribution in [0.25, 0.3) is 6.08 Å². The summed E-state index contributed by atoms with van der Waals surface area (Å²) in [5.41, 5.74) is 3.76. The molecule has 0 aromatic carbocycles. The van der Waals surface area contributed by atoms with Gasteiger partial charge in [0.05, 0.1) is 11.4 Å². The second-order valence-electron chi connectivity index (χ2n) is 3.56. The summed E-state index contributed by atoms with van der Waals surface area (Å²) in [7, 11) is 1.99. The maximum absolute atomic E-state index is 4.30. The van der Waals surface area contributed by atoms with Gasteiger partial charge < -0.3 is 5.32 Å². The Balaban J connectivity index is 2.25. The predicted molar refractivity (Wildman–Crippen MR) is 53.4 cm³/mol. The van der Waals surface area contributed by atoms with Crippen molar-refractivity contribution in [3.63, 3.8) is 0 Å². The van der Waals surface area contributed by atoms with Crippen molar-refractivity contribution in [2.45, 2.75) is 13.3 Å². The van der Waals surface area contributed by atoms with Crippen molar-refractivity contribution in [2.75, 3.05) is 13.1 Å². The lowest BCUT2D eigenvalue weighted by Gasteiger charge is -1.96. The minimum absolute atomic E-state index is 1.03. The molecule has 1 aliphatic heterocycles. The lowest BCUT2D eigenvalue weighted by Crippen LogP contribution is -2.04. The summed E-state index contributed by atoms with van der Waals surface area (Å²) in [5.74, 6) is 0. The lowest BCUT2D eigenvalue weighted by molar-refractivity contribution is 0.748. The molecular weight excluding hydrogens is 162 g/mol. The third-order valence-electron chi connectivity index (χ3n) is 2.37. The number of hydrogen-bond acceptors (Lipinski definition) is 2. The van der Waals surface area contributed by atoms with Gasteiger partial charge in [-0.05, 0) is 32.0 Å². The summed E-state index contributed by atoms with van der Waals surface area (Å²) < 4.78 is 1.93. The van der Waals surface area contributed by atoms with E-state index >= 15 is 0 Å². The van der Waals surface area contributed by atoms with Gasteiger partial charge in [-0.3, -0.25) is 4.68 Å². The standard InChI is InChI=1S/C10H15N3/c1-8-5-10(13(2)12-8)6-9-3-4-11-7-9/h5-6,11H,3-4,7H2,1-2H3. The molecule has 0 aliphatic carbocycles. The van der Waals surface area contributed by atoms with Gasteiger partial charge in [0.15, 0.2) is 0 Å². The van der Waals surface area contributed by atoms with E-state index < -0.39 is 0 Å². The smallest absolute Gasteiger partial charge is 0.0609 e. The highest BCUT2D eigenvalue weighted by molar-refractivity contribution is 5.50. The molecular formula is C10H15N3. The maximum Gasteiger partial charge on any atom is 0.0609 e. The summed E-state index contributed by atoms with van der Waals surface area (Å²) >= 11 is 0. The first-order valence-corrected chi connectivity index (χ1v) is 4.66. The minimum Gasteiger partial charge on any atom is -0.313 e. The number of nitrogens with zero attached hydrogens (tertiary/aromatic N) is 2. The Labute approximate surface area is 78.4 Å². The zero-order valence-corrected chi connectivity index (χ0v) is 8.17. The predicted octanol–water partition coefficient (Wildman–Crippen LogP) is 1.11. The van der Waals surface area contributed by atoms with Crippen LogP contribution in [0, 0.1) is 6.92 Å². The van der Waals surface area contributed by atoms with Crippen molar-refractivity contribution < 1.29 is 0 Å². The van der Waals surface area contributed by atoms with Crippen molar-refractivity contribution in [1.29, 1.82) is 0 Å². The van der Waals surface area contributed by atoms with Crippen LogP contribution < -0.4 is 5.32 Å². The van der Waals surface area contributed by atoms with Crippen molar-refractivity contribution >= 4 is 6.08 Å². The van der Waals surface area contributed by atoms with E-state index in [1.807, 2.05) is 18.7 Å². The number of aromatic nitrogens is 2. The first-order valence-electron chi connectivity index (χ1n) is 4.66. The average molecular weight is 177 g/mol. The van der Waals surface area contributed by atoms with E-state index in [9.17, 15) is 0 Å². The Morgan fingerprint density at radius 2 is 2.46 bits per heavy atom. The second kappa shape index (κ2) is 3.34. The highest BCUT2D eigenvalue weighted by atomic mass is 15.3. The van der Waals surface area contributed by atoms with Crippen molar-refractivity contribution in [1.82, 2.24) is 15.1 Å². The third kappa shape index (κ3) is 1.80. The monoisotopic (exact) mass is 177 g/mol. The van der Waals surface area contributed by atoms with Gasteiger partial charge in [0, 0.05) is 13.6 Å². The second-order valence-corrected chi connectivity index (χ2v) is 3.56. The van der Waals surface area contributed by atoms with Crippen LogP contribution in [-0.2, 0) is 7.05 Å². The zero-order chi connectivity index (χ0) is 9.26. The third-order valence-corrected chi connectivity index (χ3v) is 2.37. The molecule has 0 spiro atoms. The molecule has 1 fully saturated rings. The van der Waals surface area contributed by atoms with E-state index in [-0.39, 0.29) is 0 Å². The Hall–Kier alpha value is -1.09. The van der Waals surface area contributed by atoms with Gasteiger partial charge >= 0.3 is 0 Å². The minimum atomic E-state index is 1.03. The number of hydrogen-bond donors (Lipinski definition) is 1. The molecule has 1 aliphatic rings. The Kier molecular flexibility index (Phi) is 2.19. The van der Waals surface area contributed by atoms with E-state index in [2.05, 4.69) is 22.6 Å². The van der Waals surface area contributed by atoms with Crippen LogP contribution in [0.4, 0.5) is 0 Å². The molecule has 1 aromatic heterocycles. The molecule has 1 N–H and O–H groups in total. The Morgan fingerprint density at radius 1 is 1.62 bits per heavy atom. The van der Waals surface area contributed by atoms with Crippen molar-refractivity contribution in [3.05, 3.63) is 23.0 Å². The van der Waals surface area contributed by atoms with Crippen molar-refractivity contribution in [3.8, 4) is 0 Å². The molecule has 0 radical (unpaired) electrons. The molecule has 2 heterocycles. The molecule has 2 rings (SSSR count). The molecule has 0 unspecified atom stereocenters. The Bertz CT molecular complexity index is 328. The van der Waals surface area contributed by atoms with Gasteiger partial charge in [-0.15, -0.1) is 0 Å². The Morgan fingerprint density at radius 3 is 3.00 bits per heavy atom. The fourth-order valence-corrected chi connectivity index (χ4v) is 1.68. The van der Waals surface area contributed by atoms with E-state index in [0.717, 1.165) is 18.8 Å². The van der Waals surface area contributed by atoms with Crippen LogP contribution in [0.5, 0.6) is 0 Å². The molecule has 3 heteroatoms. The highest BCUT2D eigenvalue weighted by Crippen LogP contribution is 2.12. The molecule has 70 valence electrons. The summed E-state index contributed by atoms with van der Waals surface area (Å²) in [6.07, 6.45) is 3.41. The van der Waals surface area contributed by atoms with Gasteiger partial charge in [0.25, 0.3) is 0 Å². The van der Waals surface area contributed by atoms with Gasteiger partial charge in [-0.2, -0.15) is 5.10 Å². The molecule has 0 amide bonds. The normalized spacial score (nSPS) is 20.0. The van der Waals surface area contributed by atoms with Crippen molar-refractivity contribution in [2.24, 2.45) is 7.05 Å². The quantitative estimate of drug-likeness (QED) is 0.696. The molecule has 0 saturated carbocycles. The number of aryl methyl sites for hydroxylation is 2. The van der Waals surface area contributed by atoms with Gasteiger partial charge in [-0.1, -0.05) is 5.57 Å². The maximum atomic E-state index is 4.30. The molecule has 0 atom stereocenters.